The van der Waals surface area contributed by atoms with Gasteiger partial charge in [-0.1, -0.05) is 29.5 Å². The second kappa shape index (κ2) is 8.68. The third-order valence-corrected chi connectivity index (χ3v) is 6.29. The number of carbonyl (C=O) groups excluding carboxylic acids is 1. The minimum atomic E-state index is -0.282. The zero-order valence-electron chi connectivity index (χ0n) is 17.9. The monoisotopic (exact) mass is 449 g/mol. The molecule has 1 atom stereocenters. The first-order chi connectivity index (χ1) is 15.6. The van der Waals surface area contributed by atoms with E-state index in [1.807, 2.05) is 43.5 Å². The standard InChI is InChI=1S/C23H23N5O3S/c1-14-10-18(17-7-3-4-8-20(17)30-2)19(12-24-14)21(29)26-22-27-28-13-15(25-23(28)32-22)11-16-6-5-9-31-16/h3-4,7-8,10,12-13,16H,5-6,9,11H2,1-2H3,(H,26,27,29)/t16-/m0/s1. The number of carbonyl (C=O) groups is 1. The van der Waals surface area contributed by atoms with Crippen LogP contribution in [0.4, 0.5) is 5.13 Å². The summed E-state index contributed by atoms with van der Waals surface area (Å²) < 4.78 is 12.9. The summed E-state index contributed by atoms with van der Waals surface area (Å²) in [5.74, 6) is 0.411. The van der Waals surface area contributed by atoms with Gasteiger partial charge < -0.3 is 9.47 Å². The lowest BCUT2D eigenvalue weighted by molar-refractivity contribution is 0.102. The number of amides is 1. The van der Waals surface area contributed by atoms with Gasteiger partial charge in [0.2, 0.25) is 10.1 Å². The van der Waals surface area contributed by atoms with Crippen molar-refractivity contribution in [2.45, 2.75) is 32.3 Å². The van der Waals surface area contributed by atoms with Crippen molar-refractivity contribution in [1.82, 2.24) is 19.6 Å². The predicted molar refractivity (Wildman–Crippen MR) is 122 cm³/mol. The van der Waals surface area contributed by atoms with Crippen molar-refractivity contribution in [3.05, 3.63) is 59.7 Å². The van der Waals surface area contributed by atoms with Crippen molar-refractivity contribution in [3.63, 3.8) is 0 Å². The highest BCUT2D eigenvalue weighted by molar-refractivity contribution is 7.20. The molecule has 3 aromatic heterocycles. The number of aryl methyl sites for hydroxylation is 1. The van der Waals surface area contributed by atoms with E-state index in [0.717, 1.165) is 53.3 Å². The Labute approximate surface area is 189 Å². The van der Waals surface area contributed by atoms with Gasteiger partial charge in [0, 0.05) is 36.0 Å². The molecule has 32 heavy (non-hydrogen) atoms. The Morgan fingerprint density at radius 1 is 1.34 bits per heavy atom. The van der Waals surface area contributed by atoms with E-state index in [9.17, 15) is 4.79 Å². The first kappa shape index (κ1) is 20.6. The zero-order valence-corrected chi connectivity index (χ0v) is 18.7. The van der Waals surface area contributed by atoms with E-state index in [-0.39, 0.29) is 12.0 Å². The average Bonchev–Trinajstić information content (AvgIpc) is 3.51. The summed E-state index contributed by atoms with van der Waals surface area (Å²) >= 11 is 1.33. The van der Waals surface area contributed by atoms with Crippen LogP contribution in [0.15, 0.2) is 42.7 Å². The summed E-state index contributed by atoms with van der Waals surface area (Å²) in [6.07, 6.45) is 6.68. The molecule has 1 aliphatic heterocycles. The molecule has 1 saturated heterocycles. The number of para-hydroxylation sites is 1. The molecular formula is C23H23N5O3S. The Kier molecular flexibility index (Phi) is 5.59. The molecule has 0 radical (unpaired) electrons. The molecule has 1 aromatic carbocycles. The maximum Gasteiger partial charge on any atom is 0.259 e. The third kappa shape index (κ3) is 4.09. The normalized spacial score (nSPS) is 15.9. The quantitative estimate of drug-likeness (QED) is 0.476. The Hall–Kier alpha value is -3.30. The number of rotatable bonds is 6. The maximum atomic E-state index is 13.1. The van der Waals surface area contributed by atoms with Gasteiger partial charge in [0.25, 0.3) is 5.91 Å². The lowest BCUT2D eigenvalue weighted by Crippen LogP contribution is -2.14. The van der Waals surface area contributed by atoms with Crippen LogP contribution in [-0.2, 0) is 11.2 Å². The summed E-state index contributed by atoms with van der Waals surface area (Å²) in [4.78, 5) is 22.8. The van der Waals surface area contributed by atoms with Crippen molar-refractivity contribution < 1.29 is 14.3 Å². The molecule has 1 amide bonds. The second-order valence-corrected chi connectivity index (χ2v) is 8.69. The molecule has 1 aliphatic rings. The van der Waals surface area contributed by atoms with Crippen LogP contribution in [-0.4, -0.2) is 45.3 Å². The molecule has 4 aromatic rings. The molecule has 0 saturated carbocycles. The molecule has 1 fully saturated rings. The number of fused-ring (bicyclic) bond motifs is 1. The van der Waals surface area contributed by atoms with Crippen LogP contribution in [0.25, 0.3) is 16.1 Å². The van der Waals surface area contributed by atoms with Crippen molar-refractivity contribution in [3.8, 4) is 16.9 Å². The van der Waals surface area contributed by atoms with E-state index in [4.69, 9.17) is 9.47 Å². The summed E-state index contributed by atoms with van der Waals surface area (Å²) in [6, 6.07) is 9.50. The molecule has 0 aliphatic carbocycles. The topological polar surface area (TPSA) is 90.6 Å². The first-order valence-corrected chi connectivity index (χ1v) is 11.3. The Balaban J connectivity index is 1.39. The summed E-state index contributed by atoms with van der Waals surface area (Å²) in [5, 5.41) is 7.86. The summed E-state index contributed by atoms with van der Waals surface area (Å²) in [5.41, 5.74) is 3.81. The third-order valence-electron chi connectivity index (χ3n) is 5.46. The largest absolute Gasteiger partial charge is 0.496 e. The predicted octanol–water partition coefficient (Wildman–Crippen LogP) is 4.14. The van der Waals surface area contributed by atoms with E-state index >= 15 is 0 Å². The molecule has 8 nitrogen and oxygen atoms in total. The molecule has 5 rings (SSSR count). The van der Waals surface area contributed by atoms with Gasteiger partial charge in [0.15, 0.2) is 0 Å². The highest BCUT2D eigenvalue weighted by Crippen LogP contribution is 2.33. The van der Waals surface area contributed by atoms with Gasteiger partial charge in [-0.05, 0) is 31.9 Å². The summed E-state index contributed by atoms with van der Waals surface area (Å²) in [7, 11) is 1.62. The van der Waals surface area contributed by atoms with Crippen LogP contribution < -0.4 is 10.1 Å². The molecule has 0 unspecified atom stereocenters. The molecule has 0 bridgehead atoms. The fourth-order valence-electron chi connectivity index (χ4n) is 3.93. The maximum absolute atomic E-state index is 13.1. The van der Waals surface area contributed by atoms with Gasteiger partial charge in [-0.3, -0.25) is 15.1 Å². The minimum absolute atomic E-state index is 0.237. The lowest BCUT2D eigenvalue weighted by atomic mass is 9.99. The molecule has 164 valence electrons. The number of nitrogens with one attached hydrogen (secondary N) is 1. The number of methoxy groups -OCH3 is 1. The van der Waals surface area contributed by atoms with E-state index in [1.165, 1.54) is 11.3 Å². The van der Waals surface area contributed by atoms with Gasteiger partial charge in [0.1, 0.15) is 5.75 Å². The number of hydrogen-bond acceptors (Lipinski definition) is 7. The number of pyridine rings is 1. The Bertz CT molecular complexity index is 1240. The van der Waals surface area contributed by atoms with Gasteiger partial charge in [-0.2, -0.15) is 0 Å². The first-order valence-electron chi connectivity index (χ1n) is 10.5. The molecule has 4 heterocycles. The van der Waals surface area contributed by atoms with Gasteiger partial charge >= 0.3 is 0 Å². The zero-order chi connectivity index (χ0) is 22.1. The highest BCUT2D eigenvalue weighted by atomic mass is 32.1. The van der Waals surface area contributed by atoms with Crippen molar-refractivity contribution in [1.29, 1.82) is 0 Å². The second-order valence-electron chi connectivity index (χ2n) is 7.73. The van der Waals surface area contributed by atoms with Crippen LogP contribution in [0, 0.1) is 6.92 Å². The SMILES string of the molecule is COc1ccccc1-c1cc(C)ncc1C(=O)Nc1nn2cc(C[C@@H]3CCCO3)nc2s1. The number of imidazole rings is 1. The highest BCUT2D eigenvalue weighted by Gasteiger charge is 2.20. The minimum Gasteiger partial charge on any atom is -0.496 e. The molecular weight excluding hydrogens is 426 g/mol. The number of ether oxygens (including phenoxy) is 2. The van der Waals surface area contributed by atoms with Crippen LogP contribution in [0.2, 0.25) is 0 Å². The van der Waals surface area contributed by atoms with E-state index in [2.05, 4.69) is 20.4 Å². The Morgan fingerprint density at radius 3 is 3.00 bits per heavy atom. The molecule has 1 N–H and O–H groups in total. The smallest absolute Gasteiger partial charge is 0.259 e. The van der Waals surface area contributed by atoms with Crippen LogP contribution >= 0.6 is 11.3 Å². The van der Waals surface area contributed by atoms with Gasteiger partial charge in [0.05, 0.1) is 30.7 Å². The lowest BCUT2D eigenvalue weighted by Gasteiger charge is -2.13. The fourth-order valence-corrected chi connectivity index (χ4v) is 4.72. The number of aromatic nitrogens is 4. The molecule has 9 heteroatoms. The van der Waals surface area contributed by atoms with E-state index < -0.39 is 0 Å². The number of anilines is 1. The van der Waals surface area contributed by atoms with Gasteiger partial charge in [-0.25, -0.2) is 9.50 Å². The van der Waals surface area contributed by atoms with Crippen LogP contribution in [0.3, 0.4) is 0 Å². The van der Waals surface area contributed by atoms with Gasteiger partial charge in [-0.15, -0.1) is 5.10 Å². The fraction of sp³-hybridized carbons (Fsp3) is 0.304. The van der Waals surface area contributed by atoms with E-state index in [1.54, 1.807) is 17.8 Å². The number of hydrogen-bond donors (Lipinski definition) is 1. The van der Waals surface area contributed by atoms with Crippen LogP contribution in [0.1, 0.15) is 34.6 Å². The summed E-state index contributed by atoms with van der Waals surface area (Å²) in [6.45, 7) is 2.72. The molecule has 0 spiro atoms. The number of nitrogens with zero attached hydrogens (tertiary/aromatic N) is 4. The van der Waals surface area contributed by atoms with Crippen LogP contribution in [0.5, 0.6) is 5.75 Å². The number of benzene rings is 1. The average molecular weight is 450 g/mol. The Morgan fingerprint density at radius 2 is 2.22 bits per heavy atom. The van der Waals surface area contributed by atoms with Crippen molar-refractivity contribution in [2.24, 2.45) is 0 Å². The van der Waals surface area contributed by atoms with Crippen molar-refractivity contribution >= 4 is 27.3 Å². The van der Waals surface area contributed by atoms with E-state index in [0.29, 0.717) is 16.4 Å². The van der Waals surface area contributed by atoms with Crippen molar-refractivity contribution in [2.75, 3.05) is 19.0 Å².